The lowest BCUT2D eigenvalue weighted by atomic mass is 10.00. The van der Waals surface area contributed by atoms with Gasteiger partial charge in [-0.1, -0.05) is 48.5 Å². The van der Waals surface area contributed by atoms with Crippen LogP contribution in [0.1, 0.15) is 74.1 Å². The van der Waals surface area contributed by atoms with Crippen molar-refractivity contribution in [3.63, 3.8) is 0 Å². The number of aliphatic carboxylic acids is 1. The smallest absolute Gasteiger partial charge is 0.326 e. The molecule has 0 aromatic carbocycles. The monoisotopic (exact) mass is 539 g/mol. The Hall–Kier alpha value is -3.02. The molecule has 1 aliphatic rings. The molecule has 1 fully saturated rings. The third kappa shape index (κ3) is 9.07. The fourth-order valence-corrected chi connectivity index (χ4v) is 4.26. The van der Waals surface area contributed by atoms with Crippen LogP contribution in [0.15, 0.2) is 0 Å². The number of ketones is 1. The van der Waals surface area contributed by atoms with Crippen LogP contribution in [0.2, 0.25) is 0 Å². The first-order valence-corrected chi connectivity index (χ1v) is 13.4. The van der Waals surface area contributed by atoms with Crippen LogP contribution < -0.4 is 21.7 Å². The van der Waals surface area contributed by atoms with Gasteiger partial charge in [0.05, 0.1) is 12.1 Å². The van der Waals surface area contributed by atoms with E-state index in [2.05, 4.69) is 16.0 Å². The van der Waals surface area contributed by atoms with Crippen LogP contribution in [0.4, 0.5) is 0 Å². The first-order chi connectivity index (χ1) is 17.6. The normalized spacial score (nSPS) is 18.6. The van der Waals surface area contributed by atoms with Gasteiger partial charge in [0.1, 0.15) is 18.1 Å². The van der Waals surface area contributed by atoms with E-state index >= 15 is 0 Å². The van der Waals surface area contributed by atoms with Crippen molar-refractivity contribution in [2.24, 2.45) is 23.5 Å². The number of nitrogens with two attached hydrogens (primary N) is 1. The van der Waals surface area contributed by atoms with Crippen molar-refractivity contribution in [3.8, 4) is 0 Å². The SMILES string of the molecule is CC[C@@H](NC(=O)[C@@H]1CCCN1C(=O)[C@@H](N)C(C)C)C(=O)C(=O)N[C@H](CC(C)C)C(=O)N[C@H](C(=O)O)C(C)C. The molecule has 12 nitrogen and oxygen atoms in total. The van der Waals surface area contributed by atoms with E-state index in [1.54, 1.807) is 20.8 Å². The number of amides is 4. The van der Waals surface area contributed by atoms with Crippen molar-refractivity contribution < 1.29 is 33.9 Å². The van der Waals surface area contributed by atoms with Crippen LogP contribution in [-0.4, -0.2) is 82.1 Å². The average molecular weight is 540 g/mol. The molecule has 216 valence electrons. The molecule has 0 radical (unpaired) electrons. The number of nitrogens with one attached hydrogen (secondary N) is 3. The molecule has 1 heterocycles. The Morgan fingerprint density at radius 2 is 1.53 bits per heavy atom. The van der Waals surface area contributed by atoms with Gasteiger partial charge < -0.3 is 31.7 Å². The molecule has 0 bridgehead atoms. The molecule has 1 saturated heterocycles. The van der Waals surface area contributed by atoms with E-state index in [4.69, 9.17) is 5.73 Å². The second kappa shape index (κ2) is 14.8. The van der Waals surface area contributed by atoms with Gasteiger partial charge in [-0.2, -0.15) is 0 Å². The lowest BCUT2D eigenvalue weighted by Gasteiger charge is -2.29. The summed E-state index contributed by atoms with van der Waals surface area (Å²) in [4.78, 5) is 77.3. The average Bonchev–Trinajstić information content (AvgIpc) is 3.33. The molecule has 1 rings (SSSR count). The highest BCUT2D eigenvalue weighted by molar-refractivity contribution is 6.38. The molecule has 12 heteroatoms. The first kappa shape index (κ1) is 33.0. The molecule has 0 aromatic heterocycles. The molecular formula is C26H45N5O7. The second-order valence-electron chi connectivity index (χ2n) is 11.0. The number of hydrogen-bond donors (Lipinski definition) is 5. The second-order valence-corrected chi connectivity index (χ2v) is 11.0. The maximum Gasteiger partial charge on any atom is 0.326 e. The minimum absolute atomic E-state index is 0.0479. The van der Waals surface area contributed by atoms with Gasteiger partial charge in [-0.05, 0) is 43.4 Å². The molecule has 5 atom stereocenters. The van der Waals surface area contributed by atoms with Crippen LogP contribution in [-0.2, 0) is 28.8 Å². The summed E-state index contributed by atoms with van der Waals surface area (Å²) >= 11 is 0. The number of likely N-dealkylation sites (tertiary alicyclic amines) is 1. The Morgan fingerprint density at radius 1 is 0.921 bits per heavy atom. The Morgan fingerprint density at radius 3 is 2.00 bits per heavy atom. The topological polar surface area (TPSA) is 188 Å². The number of carbonyl (C=O) groups excluding carboxylic acids is 5. The number of carbonyl (C=O) groups is 6. The van der Waals surface area contributed by atoms with Gasteiger partial charge in [0.15, 0.2) is 0 Å². The van der Waals surface area contributed by atoms with Gasteiger partial charge in [-0.3, -0.25) is 24.0 Å². The lowest BCUT2D eigenvalue weighted by molar-refractivity contribution is -0.145. The third-order valence-corrected chi connectivity index (χ3v) is 6.67. The maximum atomic E-state index is 13.0. The van der Waals surface area contributed by atoms with E-state index in [1.807, 2.05) is 27.7 Å². The lowest BCUT2D eigenvalue weighted by Crippen LogP contribution is -2.58. The standard InChI is InChI=1S/C26H45N5O7/c1-8-16(28-23(34)18-10-9-11-31(18)25(36)19(27)14(4)5)21(32)24(35)29-17(12-13(2)3)22(33)30-20(15(6)7)26(37)38/h13-20H,8-12,27H2,1-7H3,(H,28,34)(H,29,35)(H,30,33)(H,37,38)/t16-,17-,18+,19+,20+/m1/s1. The summed E-state index contributed by atoms with van der Waals surface area (Å²) in [7, 11) is 0. The minimum atomic E-state index is -1.21. The Bertz CT molecular complexity index is 889. The van der Waals surface area contributed by atoms with E-state index in [1.165, 1.54) is 4.90 Å². The highest BCUT2D eigenvalue weighted by Crippen LogP contribution is 2.20. The molecule has 0 unspecified atom stereocenters. The summed E-state index contributed by atoms with van der Waals surface area (Å²) in [6, 6.07) is -5.00. The van der Waals surface area contributed by atoms with Gasteiger partial charge in [-0.15, -0.1) is 0 Å². The summed E-state index contributed by atoms with van der Waals surface area (Å²) in [6.07, 6.45) is 1.31. The van der Waals surface area contributed by atoms with Gasteiger partial charge >= 0.3 is 5.97 Å². The quantitative estimate of drug-likeness (QED) is 0.193. The molecular weight excluding hydrogens is 494 g/mol. The van der Waals surface area contributed by atoms with Gasteiger partial charge in [0.25, 0.3) is 5.91 Å². The zero-order valence-electron chi connectivity index (χ0n) is 23.6. The van der Waals surface area contributed by atoms with Crippen molar-refractivity contribution in [2.75, 3.05) is 6.54 Å². The summed E-state index contributed by atoms with van der Waals surface area (Å²) in [5.41, 5.74) is 5.99. The zero-order valence-corrected chi connectivity index (χ0v) is 23.6. The molecule has 38 heavy (non-hydrogen) atoms. The van der Waals surface area contributed by atoms with Crippen LogP contribution in [0, 0.1) is 17.8 Å². The molecule has 0 saturated carbocycles. The van der Waals surface area contributed by atoms with Crippen molar-refractivity contribution in [2.45, 2.75) is 104 Å². The molecule has 0 aliphatic carbocycles. The number of carboxylic acids is 1. The predicted octanol–water partition coefficient (Wildman–Crippen LogP) is 0.181. The Labute approximate surface area is 224 Å². The third-order valence-electron chi connectivity index (χ3n) is 6.67. The van der Waals surface area contributed by atoms with Crippen LogP contribution in [0.3, 0.4) is 0 Å². The predicted molar refractivity (Wildman–Crippen MR) is 141 cm³/mol. The van der Waals surface area contributed by atoms with E-state index in [0.29, 0.717) is 19.4 Å². The van der Waals surface area contributed by atoms with Crippen molar-refractivity contribution in [3.05, 3.63) is 0 Å². The largest absolute Gasteiger partial charge is 0.480 e. The maximum absolute atomic E-state index is 13.0. The molecule has 1 aliphatic heterocycles. The summed E-state index contributed by atoms with van der Waals surface area (Å²) in [6.45, 7) is 12.6. The first-order valence-electron chi connectivity index (χ1n) is 13.4. The number of nitrogens with zero attached hydrogens (tertiary/aromatic N) is 1. The summed E-state index contributed by atoms with van der Waals surface area (Å²) < 4.78 is 0. The Kier molecular flexibility index (Phi) is 12.9. The zero-order chi connectivity index (χ0) is 29.3. The highest BCUT2D eigenvalue weighted by Gasteiger charge is 2.39. The van der Waals surface area contributed by atoms with E-state index in [9.17, 15) is 33.9 Å². The molecule has 4 amide bonds. The Balaban J connectivity index is 2.95. The summed E-state index contributed by atoms with van der Waals surface area (Å²) in [5, 5.41) is 16.8. The highest BCUT2D eigenvalue weighted by atomic mass is 16.4. The van der Waals surface area contributed by atoms with Gasteiger partial charge in [0.2, 0.25) is 23.5 Å². The summed E-state index contributed by atoms with van der Waals surface area (Å²) in [5.74, 6) is -5.34. The number of rotatable bonds is 14. The van der Waals surface area contributed by atoms with Crippen molar-refractivity contribution in [1.29, 1.82) is 0 Å². The van der Waals surface area contributed by atoms with E-state index < -0.39 is 65.6 Å². The van der Waals surface area contributed by atoms with Crippen LogP contribution >= 0.6 is 0 Å². The number of hydrogen-bond acceptors (Lipinski definition) is 7. The minimum Gasteiger partial charge on any atom is -0.480 e. The fourth-order valence-electron chi connectivity index (χ4n) is 4.26. The number of Topliss-reactive ketones (excluding diaryl/α,β-unsaturated/α-hetero) is 1. The van der Waals surface area contributed by atoms with Crippen molar-refractivity contribution >= 4 is 35.4 Å². The van der Waals surface area contributed by atoms with Crippen LogP contribution in [0.25, 0.3) is 0 Å². The fraction of sp³-hybridized carbons (Fsp3) is 0.769. The van der Waals surface area contributed by atoms with Crippen LogP contribution in [0.5, 0.6) is 0 Å². The van der Waals surface area contributed by atoms with Gasteiger partial charge in [0, 0.05) is 6.54 Å². The molecule has 0 spiro atoms. The van der Waals surface area contributed by atoms with E-state index in [-0.39, 0.29) is 30.6 Å². The van der Waals surface area contributed by atoms with E-state index in [0.717, 1.165) is 0 Å². The van der Waals surface area contributed by atoms with Crippen molar-refractivity contribution in [1.82, 2.24) is 20.9 Å². The molecule has 6 N–H and O–H groups in total. The number of carboxylic acid groups (broad SMARTS) is 1. The van der Waals surface area contributed by atoms with Gasteiger partial charge in [-0.25, -0.2) is 4.79 Å². The molecule has 0 aromatic rings.